The van der Waals surface area contributed by atoms with Gasteiger partial charge in [0, 0.05) is 19.5 Å². The van der Waals surface area contributed by atoms with Gasteiger partial charge in [0.1, 0.15) is 0 Å². The number of hydrogen-bond acceptors (Lipinski definition) is 3. The van der Waals surface area contributed by atoms with Gasteiger partial charge in [0.05, 0.1) is 12.5 Å². The summed E-state index contributed by atoms with van der Waals surface area (Å²) in [7, 11) is 0. The third kappa shape index (κ3) is 2.05. The Labute approximate surface area is 77.1 Å². The molecule has 0 radical (unpaired) electrons. The van der Waals surface area contributed by atoms with Crippen molar-refractivity contribution in [2.45, 2.75) is 32.2 Å². The molecule has 0 aromatic carbocycles. The molecule has 13 heavy (non-hydrogen) atoms. The van der Waals surface area contributed by atoms with Crippen LogP contribution in [0.25, 0.3) is 0 Å². The van der Waals surface area contributed by atoms with Crippen LogP contribution in [0.5, 0.6) is 0 Å². The van der Waals surface area contributed by atoms with Crippen molar-refractivity contribution in [3.8, 4) is 6.07 Å². The Hall–Kier alpha value is -1.37. The molecule has 1 heterocycles. The molecular weight excluding hydrogens is 168 g/mol. The van der Waals surface area contributed by atoms with Crippen LogP contribution in [0.15, 0.2) is 0 Å². The second kappa shape index (κ2) is 4.04. The molecule has 0 aromatic rings. The fourth-order valence-electron chi connectivity index (χ4n) is 1.62. The number of nitrogens with zero attached hydrogens (tertiary/aromatic N) is 2. The molecule has 0 N–H and O–H groups in total. The van der Waals surface area contributed by atoms with Crippen LogP contribution in [0, 0.1) is 11.3 Å². The van der Waals surface area contributed by atoms with Crippen LogP contribution in [-0.2, 0) is 9.59 Å². The number of carbonyl (C=O) groups is 2. The topological polar surface area (TPSA) is 61.2 Å². The first-order valence-corrected chi connectivity index (χ1v) is 4.35. The Morgan fingerprint density at radius 2 is 2.31 bits per heavy atom. The van der Waals surface area contributed by atoms with Crippen molar-refractivity contribution in [1.29, 1.82) is 5.26 Å². The lowest BCUT2D eigenvalue weighted by Gasteiger charge is -2.20. The summed E-state index contributed by atoms with van der Waals surface area (Å²) in [5.41, 5.74) is 0. The molecule has 1 fully saturated rings. The van der Waals surface area contributed by atoms with E-state index in [-0.39, 0.29) is 6.04 Å². The first-order valence-electron chi connectivity index (χ1n) is 4.35. The molecule has 0 aliphatic carbocycles. The summed E-state index contributed by atoms with van der Waals surface area (Å²) < 4.78 is 0. The second-order valence-corrected chi connectivity index (χ2v) is 3.21. The number of ketones is 1. The molecular formula is C9H12N2O2. The third-order valence-electron chi connectivity index (χ3n) is 2.27. The molecule has 1 saturated heterocycles. The van der Waals surface area contributed by atoms with Crippen molar-refractivity contribution in [2.75, 3.05) is 6.54 Å². The Morgan fingerprint density at radius 3 is 2.85 bits per heavy atom. The normalized spacial score (nSPS) is 21.2. The highest BCUT2D eigenvalue weighted by Gasteiger charge is 2.30. The van der Waals surface area contributed by atoms with Crippen LogP contribution >= 0.6 is 0 Å². The van der Waals surface area contributed by atoms with Crippen LogP contribution in [0.1, 0.15) is 26.2 Å². The number of Topliss-reactive ketones (excluding diaryl/α,β-unsaturated/α-hetero) is 1. The summed E-state index contributed by atoms with van der Waals surface area (Å²) in [6.07, 6.45) is 2.07. The number of likely N-dealkylation sites (tertiary alicyclic amines) is 1. The predicted octanol–water partition coefficient (Wildman–Crippen LogP) is 0.480. The lowest BCUT2D eigenvalue weighted by Crippen LogP contribution is -2.38. The van der Waals surface area contributed by atoms with Crippen molar-refractivity contribution in [3.63, 3.8) is 0 Å². The van der Waals surface area contributed by atoms with Gasteiger partial charge in [-0.3, -0.25) is 9.59 Å². The highest BCUT2D eigenvalue weighted by atomic mass is 16.2. The monoisotopic (exact) mass is 180 g/mol. The van der Waals surface area contributed by atoms with E-state index < -0.39 is 11.7 Å². The minimum atomic E-state index is -0.447. The van der Waals surface area contributed by atoms with Crippen LogP contribution < -0.4 is 0 Å². The largest absolute Gasteiger partial charge is 0.332 e. The van der Waals surface area contributed by atoms with Gasteiger partial charge < -0.3 is 4.90 Å². The molecule has 4 nitrogen and oxygen atoms in total. The summed E-state index contributed by atoms with van der Waals surface area (Å²) in [5, 5.41) is 8.49. The summed E-state index contributed by atoms with van der Waals surface area (Å²) in [6.45, 7) is 1.88. The maximum atomic E-state index is 11.3. The SMILES string of the molecule is CC(=O)C(=O)N1CCC[C@@H]1CC#N. The van der Waals surface area contributed by atoms with Gasteiger partial charge in [-0.15, -0.1) is 0 Å². The van der Waals surface area contributed by atoms with Gasteiger partial charge in [-0.1, -0.05) is 0 Å². The van der Waals surface area contributed by atoms with Gasteiger partial charge >= 0.3 is 0 Å². The van der Waals surface area contributed by atoms with Crippen molar-refractivity contribution < 1.29 is 9.59 Å². The first-order chi connectivity index (χ1) is 6.16. The van der Waals surface area contributed by atoms with E-state index in [1.165, 1.54) is 11.8 Å². The van der Waals surface area contributed by atoms with Crippen LogP contribution in [0.2, 0.25) is 0 Å². The van der Waals surface area contributed by atoms with E-state index in [2.05, 4.69) is 0 Å². The highest BCUT2D eigenvalue weighted by Crippen LogP contribution is 2.19. The van der Waals surface area contributed by atoms with Gasteiger partial charge in [-0.05, 0) is 12.8 Å². The third-order valence-corrected chi connectivity index (χ3v) is 2.27. The summed E-state index contributed by atoms with van der Waals surface area (Å²) in [6, 6.07) is 1.99. The number of carbonyl (C=O) groups excluding carboxylic acids is 2. The van der Waals surface area contributed by atoms with Crippen molar-refractivity contribution in [3.05, 3.63) is 0 Å². The Balaban J connectivity index is 2.63. The quantitative estimate of drug-likeness (QED) is 0.581. The van der Waals surface area contributed by atoms with E-state index >= 15 is 0 Å². The minimum Gasteiger partial charge on any atom is -0.332 e. The molecule has 1 amide bonds. The molecule has 70 valence electrons. The number of rotatable bonds is 2. The average Bonchev–Trinajstić information content (AvgIpc) is 2.52. The standard InChI is InChI=1S/C9H12N2O2/c1-7(12)9(13)11-6-2-3-8(11)4-5-10/h8H,2-4,6H2,1H3/t8-/m1/s1. The molecule has 0 spiro atoms. The second-order valence-electron chi connectivity index (χ2n) is 3.21. The van der Waals surface area contributed by atoms with Crippen LogP contribution in [0.3, 0.4) is 0 Å². The van der Waals surface area contributed by atoms with Gasteiger partial charge in [0.25, 0.3) is 5.91 Å². The van der Waals surface area contributed by atoms with Gasteiger partial charge in [0.15, 0.2) is 0 Å². The van der Waals surface area contributed by atoms with E-state index in [0.29, 0.717) is 13.0 Å². The molecule has 0 saturated carbocycles. The van der Waals surface area contributed by atoms with Gasteiger partial charge in [0.2, 0.25) is 5.78 Å². The predicted molar refractivity (Wildman–Crippen MR) is 45.6 cm³/mol. The number of hydrogen-bond donors (Lipinski definition) is 0. The Bertz CT molecular complexity index is 267. The molecule has 1 aliphatic rings. The zero-order chi connectivity index (χ0) is 9.84. The van der Waals surface area contributed by atoms with E-state index in [1.54, 1.807) is 0 Å². The van der Waals surface area contributed by atoms with Crippen LogP contribution in [-0.4, -0.2) is 29.2 Å². The zero-order valence-corrected chi connectivity index (χ0v) is 7.62. The van der Waals surface area contributed by atoms with Gasteiger partial charge in [-0.25, -0.2) is 0 Å². The highest BCUT2D eigenvalue weighted by molar-refractivity contribution is 6.35. The minimum absolute atomic E-state index is 0.0404. The maximum absolute atomic E-state index is 11.3. The van der Waals surface area contributed by atoms with E-state index in [4.69, 9.17) is 5.26 Å². The number of nitriles is 1. The zero-order valence-electron chi connectivity index (χ0n) is 7.62. The molecule has 1 atom stereocenters. The van der Waals surface area contributed by atoms with E-state index in [0.717, 1.165) is 12.8 Å². The summed E-state index contributed by atoms with van der Waals surface area (Å²) in [4.78, 5) is 23.6. The fraction of sp³-hybridized carbons (Fsp3) is 0.667. The lowest BCUT2D eigenvalue weighted by atomic mass is 10.1. The van der Waals surface area contributed by atoms with Crippen molar-refractivity contribution >= 4 is 11.7 Å². The van der Waals surface area contributed by atoms with Crippen molar-refractivity contribution in [2.24, 2.45) is 0 Å². The van der Waals surface area contributed by atoms with Crippen molar-refractivity contribution in [1.82, 2.24) is 4.90 Å². The molecule has 4 heteroatoms. The Kier molecular flexibility index (Phi) is 3.02. The first kappa shape index (κ1) is 9.72. The number of amides is 1. The van der Waals surface area contributed by atoms with Crippen LogP contribution in [0.4, 0.5) is 0 Å². The van der Waals surface area contributed by atoms with E-state index in [9.17, 15) is 9.59 Å². The molecule has 1 rings (SSSR count). The summed E-state index contributed by atoms with van der Waals surface area (Å²) in [5.74, 6) is -0.886. The summed E-state index contributed by atoms with van der Waals surface area (Å²) >= 11 is 0. The molecule has 0 aromatic heterocycles. The Morgan fingerprint density at radius 1 is 1.62 bits per heavy atom. The molecule has 0 bridgehead atoms. The molecule has 0 unspecified atom stereocenters. The average molecular weight is 180 g/mol. The van der Waals surface area contributed by atoms with E-state index in [1.807, 2.05) is 6.07 Å². The fourth-order valence-corrected chi connectivity index (χ4v) is 1.62. The maximum Gasteiger partial charge on any atom is 0.289 e. The molecule has 1 aliphatic heterocycles. The lowest BCUT2D eigenvalue weighted by molar-refractivity contribution is -0.144. The van der Waals surface area contributed by atoms with Gasteiger partial charge in [-0.2, -0.15) is 5.26 Å². The smallest absolute Gasteiger partial charge is 0.289 e.